The Morgan fingerprint density at radius 3 is 1.92 bits per heavy atom. The lowest BCUT2D eigenvalue weighted by atomic mass is 10.3. The molecule has 0 aromatic carbocycles. The Labute approximate surface area is 146 Å². The summed E-state index contributed by atoms with van der Waals surface area (Å²) in [4.78, 5) is 24.1. The van der Waals surface area contributed by atoms with E-state index in [0.717, 1.165) is 56.7 Å². The maximum Gasteiger partial charge on any atom is 0.225 e. The van der Waals surface area contributed by atoms with Crippen molar-refractivity contribution in [3.05, 3.63) is 30.1 Å². The summed E-state index contributed by atoms with van der Waals surface area (Å²) in [6, 6.07) is 2.10. The van der Waals surface area contributed by atoms with Gasteiger partial charge in [-0.15, -0.1) is 0 Å². The molecule has 8 heteroatoms. The molecule has 2 aromatic heterocycles. The van der Waals surface area contributed by atoms with Gasteiger partial charge < -0.3 is 14.7 Å². The summed E-state index contributed by atoms with van der Waals surface area (Å²) in [5, 5.41) is 0. The molecule has 4 heterocycles. The van der Waals surface area contributed by atoms with Crippen LogP contribution in [-0.2, 0) is 0 Å². The summed E-state index contributed by atoms with van der Waals surface area (Å²) in [6.45, 7) is 7.33. The van der Waals surface area contributed by atoms with Crippen molar-refractivity contribution in [2.75, 3.05) is 54.0 Å². The molecule has 7 nitrogen and oxygen atoms in total. The van der Waals surface area contributed by atoms with Gasteiger partial charge in [0.1, 0.15) is 17.5 Å². The van der Waals surface area contributed by atoms with Gasteiger partial charge in [0, 0.05) is 45.3 Å². The molecule has 2 aromatic rings. The first-order chi connectivity index (χ1) is 12.2. The second-order valence-electron chi connectivity index (χ2n) is 6.50. The molecule has 0 spiro atoms. The van der Waals surface area contributed by atoms with Gasteiger partial charge in [-0.25, -0.2) is 24.3 Å². The summed E-state index contributed by atoms with van der Waals surface area (Å²) in [5.74, 6) is 2.99. The van der Waals surface area contributed by atoms with Gasteiger partial charge in [-0.05, 0) is 19.8 Å². The molecular weight excluding hydrogens is 321 g/mol. The monoisotopic (exact) mass is 343 g/mol. The van der Waals surface area contributed by atoms with E-state index in [0.29, 0.717) is 5.95 Å². The summed E-state index contributed by atoms with van der Waals surface area (Å²) >= 11 is 0. The van der Waals surface area contributed by atoms with Crippen LogP contribution in [0.25, 0.3) is 0 Å². The largest absolute Gasteiger partial charge is 0.356 e. The summed E-state index contributed by atoms with van der Waals surface area (Å²) in [6.07, 6.45) is 4.89. The predicted octanol–water partition coefficient (Wildman–Crippen LogP) is 1.64. The number of anilines is 3. The van der Waals surface area contributed by atoms with Crippen LogP contribution >= 0.6 is 0 Å². The Kier molecular flexibility index (Phi) is 4.33. The molecule has 25 heavy (non-hydrogen) atoms. The van der Waals surface area contributed by atoms with E-state index in [-0.39, 0.29) is 0 Å². The van der Waals surface area contributed by atoms with Gasteiger partial charge in [0.05, 0.1) is 12.4 Å². The van der Waals surface area contributed by atoms with Gasteiger partial charge in [-0.2, -0.15) is 0 Å². The van der Waals surface area contributed by atoms with E-state index in [1.807, 2.05) is 6.92 Å². The number of nitrogens with zero attached hydrogens (tertiary/aromatic N) is 7. The molecule has 2 saturated heterocycles. The highest BCUT2D eigenvalue weighted by atomic mass is 19.1. The van der Waals surface area contributed by atoms with Gasteiger partial charge in [0.15, 0.2) is 5.82 Å². The zero-order valence-electron chi connectivity index (χ0n) is 14.4. The Bertz CT molecular complexity index is 722. The van der Waals surface area contributed by atoms with Crippen molar-refractivity contribution in [1.29, 1.82) is 0 Å². The van der Waals surface area contributed by atoms with E-state index in [1.54, 1.807) is 0 Å². The predicted molar refractivity (Wildman–Crippen MR) is 94.6 cm³/mol. The molecular formula is C17H22FN7. The Morgan fingerprint density at radius 1 is 0.800 bits per heavy atom. The number of halogens is 1. The van der Waals surface area contributed by atoms with Gasteiger partial charge in [-0.3, -0.25) is 0 Å². The quantitative estimate of drug-likeness (QED) is 0.839. The first-order valence-electron chi connectivity index (χ1n) is 8.77. The highest BCUT2D eigenvalue weighted by molar-refractivity contribution is 5.52. The van der Waals surface area contributed by atoms with Gasteiger partial charge in [-0.1, -0.05) is 0 Å². The molecule has 0 aliphatic carbocycles. The standard InChI is InChI=1S/C17H22FN7/c1-13-21-15(23-4-2-3-5-23)10-16(22-13)24-6-8-25(9-7-24)17-19-11-14(18)12-20-17/h10-12H,2-9H2,1H3. The molecule has 0 radical (unpaired) electrons. The highest BCUT2D eigenvalue weighted by Crippen LogP contribution is 2.23. The summed E-state index contributed by atoms with van der Waals surface area (Å²) in [7, 11) is 0. The van der Waals surface area contributed by atoms with Crippen LogP contribution in [-0.4, -0.2) is 59.2 Å². The van der Waals surface area contributed by atoms with Gasteiger partial charge in [0.25, 0.3) is 0 Å². The van der Waals surface area contributed by atoms with Crippen molar-refractivity contribution >= 4 is 17.6 Å². The lowest BCUT2D eigenvalue weighted by Crippen LogP contribution is -2.47. The van der Waals surface area contributed by atoms with E-state index >= 15 is 0 Å². The minimum atomic E-state index is -0.409. The number of piperazine rings is 1. The fourth-order valence-electron chi connectivity index (χ4n) is 3.41. The first-order valence-corrected chi connectivity index (χ1v) is 8.77. The second kappa shape index (κ2) is 6.78. The molecule has 2 aliphatic rings. The molecule has 0 unspecified atom stereocenters. The van der Waals surface area contributed by atoms with E-state index in [4.69, 9.17) is 0 Å². The normalized spacial score (nSPS) is 18.1. The third-order valence-corrected chi connectivity index (χ3v) is 4.73. The molecule has 0 N–H and O–H groups in total. The van der Waals surface area contributed by atoms with Crippen LogP contribution < -0.4 is 14.7 Å². The van der Waals surface area contributed by atoms with E-state index in [1.165, 1.54) is 25.2 Å². The third-order valence-electron chi connectivity index (χ3n) is 4.73. The third kappa shape index (κ3) is 3.47. The molecule has 0 amide bonds. The summed E-state index contributed by atoms with van der Waals surface area (Å²) < 4.78 is 13.0. The maximum absolute atomic E-state index is 13.0. The molecule has 2 aliphatic heterocycles. The Balaban J connectivity index is 1.46. The maximum atomic E-state index is 13.0. The smallest absolute Gasteiger partial charge is 0.225 e. The Hall–Kier alpha value is -2.51. The van der Waals surface area contributed by atoms with Gasteiger partial charge >= 0.3 is 0 Å². The Morgan fingerprint density at radius 2 is 1.32 bits per heavy atom. The average molecular weight is 343 g/mol. The van der Waals surface area contributed by atoms with E-state index < -0.39 is 5.82 Å². The SMILES string of the molecule is Cc1nc(N2CCCC2)cc(N2CCN(c3ncc(F)cn3)CC2)n1. The molecule has 4 rings (SSSR count). The van der Waals surface area contributed by atoms with Crippen LogP contribution in [0.5, 0.6) is 0 Å². The van der Waals surface area contributed by atoms with E-state index in [2.05, 4.69) is 40.7 Å². The van der Waals surface area contributed by atoms with E-state index in [9.17, 15) is 4.39 Å². The zero-order valence-corrected chi connectivity index (χ0v) is 14.4. The van der Waals surface area contributed by atoms with Crippen LogP contribution in [0.2, 0.25) is 0 Å². The lowest BCUT2D eigenvalue weighted by molar-refractivity contribution is 0.601. The zero-order chi connectivity index (χ0) is 17.2. The second-order valence-corrected chi connectivity index (χ2v) is 6.50. The fourth-order valence-corrected chi connectivity index (χ4v) is 3.41. The number of aryl methyl sites for hydroxylation is 1. The molecule has 132 valence electrons. The minimum absolute atomic E-state index is 0.409. The van der Waals surface area contributed by atoms with Crippen molar-refractivity contribution < 1.29 is 4.39 Å². The number of hydrogen-bond donors (Lipinski definition) is 0. The topological polar surface area (TPSA) is 61.3 Å². The molecule has 2 fully saturated rings. The average Bonchev–Trinajstić information content (AvgIpc) is 3.17. The lowest BCUT2D eigenvalue weighted by Gasteiger charge is -2.35. The van der Waals surface area contributed by atoms with Gasteiger partial charge in [0.2, 0.25) is 5.95 Å². The van der Waals surface area contributed by atoms with Crippen molar-refractivity contribution in [2.24, 2.45) is 0 Å². The number of hydrogen-bond acceptors (Lipinski definition) is 7. The van der Waals surface area contributed by atoms with Crippen LogP contribution in [0.3, 0.4) is 0 Å². The summed E-state index contributed by atoms with van der Waals surface area (Å²) in [5.41, 5.74) is 0. The van der Waals surface area contributed by atoms with Crippen LogP contribution in [0.4, 0.5) is 22.0 Å². The number of rotatable bonds is 3. The van der Waals surface area contributed by atoms with Crippen molar-refractivity contribution in [1.82, 2.24) is 19.9 Å². The molecule has 0 saturated carbocycles. The fraction of sp³-hybridized carbons (Fsp3) is 0.529. The van der Waals surface area contributed by atoms with Crippen LogP contribution in [0, 0.1) is 12.7 Å². The van der Waals surface area contributed by atoms with Crippen molar-refractivity contribution in [3.63, 3.8) is 0 Å². The van der Waals surface area contributed by atoms with Crippen LogP contribution in [0.1, 0.15) is 18.7 Å². The molecule has 0 atom stereocenters. The van der Waals surface area contributed by atoms with Crippen molar-refractivity contribution in [3.8, 4) is 0 Å². The minimum Gasteiger partial charge on any atom is -0.356 e. The van der Waals surface area contributed by atoms with Crippen molar-refractivity contribution in [2.45, 2.75) is 19.8 Å². The van der Waals surface area contributed by atoms with Crippen LogP contribution in [0.15, 0.2) is 18.5 Å². The highest BCUT2D eigenvalue weighted by Gasteiger charge is 2.22. The first kappa shape index (κ1) is 16.0. The molecule has 0 bridgehead atoms. The number of aromatic nitrogens is 4.